The molecule has 9 nitrogen and oxygen atoms in total. The molecule has 1 saturated heterocycles. The topological polar surface area (TPSA) is 102 Å². The minimum Gasteiger partial charge on any atom is -0.497 e. The Morgan fingerprint density at radius 3 is 2.76 bits per heavy atom. The van der Waals surface area contributed by atoms with Crippen molar-refractivity contribution in [1.29, 1.82) is 0 Å². The molecule has 0 spiro atoms. The van der Waals surface area contributed by atoms with Gasteiger partial charge in [0.15, 0.2) is 5.75 Å². The third-order valence-corrected chi connectivity index (χ3v) is 6.60. The summed E-state index contributed by atoms with van der Waals surface area (Å²) in [4.78, 5) is 26.6. The van der Waals surface area contributed by atoms with Gasteiger partial charge in [-0.1, -0.05) is 0 Å². The van der Waals surface area contributed by atoms with E-state index < -0.39 is 0 Å². The van der Waals surface area contributed by atoms with Crippen LogP contribution in [0.15, 0.2) is 65.7 Å². The van der Waals surface area contributed by atoms with Gasteiger partial charge < -0.3 is 29.4 Å². The molecule has 2 aliphatic rings. The standard InChI is InChI=1S/C28H27N5O4/c1-35-23-5-7-29-21(14-23)17-31-20-2-3-25-19(13-20)12-18-4-6-30-27(28(18)37-25)24-15-22(16-26(34)32-24)33-8-10-36-11-9-33/h2-7,13-16,31H,8-12,17H2,1H3,(H,32,34). The average Bonchev–Trinajstić information content (AvgIpc) is 2.95. The fraction of sp³-hybridized carbons (Fsp3) is 0.250. The first-order valence-electron chi connectivity index (χ1n) is 12.3. The highest BCUT2D eigenvalue weighted by Gasteiger charge is 2.23. The average molecular weight is 498 g/mol. The molecule has 0 atom stereocenters. The molecule has 2 N–H and O–H groups in total. The molecule has 3 aromatic heterocycles. The van der Waals surface area contributed by atoms with Gasteiger partial charge in [0, 0.05) is 66.5 Å². The number of morpholine rings is 1. The van der Waals surface area contributed by atoms with Crippen molar-refractivity contribution in [1.82, 2.24) is 15.0 Å². The Morgan fingerprint density at radius 1 is 1.03 bits per heavy atom. The predicted molar refractivity (Wildman–Crippen MR) is 141 cm³/mol. The monoisotopic (exact) mass is 497 g/mol. The lowest BCUT2D eigenvalue weighted by molar-refractivity contribution is 0.122. The van der Waals surface area contributed by atoms with Gasteiger partial charge in [-0.2, -0.15) is 0 Å². The smallest absolute Gasteiger partial charge is 0.250 e. The molecular weight excluding hydrogens is 470 g/mol. The molecule has 1 aromatic carbocycles. The number of nitrogens with zero attached hydrogens (tertiary/aromatic N) is 3. The molecule has 0 saturated carbocycles. The van der Waals surface area contributed by atoms with Crippen LogP contribution in [0.3, 0.4) is 0 Å². The van der Waals surface area contributed by atoms with Crippen LogP contribution in [0, 0.1) is 0 Å². The number of hydrogen-bond acceptors (Lipinski definition) is 8. The van der Waals surface area contributed by atoms with Crippen molar-refractivity contribution in [2.75, 3.05) is 43.6 Å². The number of benzene rings is 1. The Bertz CT molecular complexity index is 1500. The second kappa shape index (κ2) is 9.94. The summed E-state index contributed by atoms with van der Waals surface area (Å²) in [7, 11) is 1.65. The third kappa shape index (κ3) is 4.85. The molecule has 188 valence electrons. The summed E-state index contributed by atoms with van der Waals surface area (Å²) in [5.41, 5.74) is 5.91. The second-order valence-corrected chi connectivity index (χ2v) is 9.01. The number of pyridine rings is 3. The molecule has 0 radical (unpaired) electrons. The zero-order chi connectivity index (χ0) is 25.2. The first-order chi connectivity index (χ1) is 18.2. The van der Waals surface area contributed by atoms with Gasteiger partial charge >= 0.3 is 0 Å². The number of hydrogen-bond donors (Lipinski definition) is 2. The van der Waals surface area contributed by atoms with Gasteiger partial charge in [-0.15, -0.1) is 0 Å². The van der Waals surface area contributed by atoms with Crippen molar-refractivity contribution < 1.29 is 14.2 Å². The maximum absolute atomic E-state index is 12.5. The number of ether oxygens (including phenoxy) is 3. The Balaban J connectivity index is 1.25. The lowest BCUT2D eigenvalue weighted by atomic mass is 9.99. The Labute approximate surface area is 214 Å². The number of rotatable bonds is 6. The number of aromatic nitrogens is 3. The maximum atomic E-state index is 12.5. The van der Waals surface area contributed by atoms with Gasteiger partial charge in [0.1, 0.15) is 17.2 Å². The van der Waals surface area contributed by atoms with E-state index in [9.17, 15) is 4.79 Å². The van der Waals surface area contributed by atoms with Crippen LogP contribution >= 0.6 is 0 Å². The van der Waals surface area contributed by atoms with E-state index in [1.807, 2.05) is 36.4 Å². The minimum atomic E-state index is -0.171. The van der Waals surface area contributed by atoms with Crippen molar-refractivity contribution in [3.63, 3.8) is 0 Å². The molecule has 0 unspecified atom stereocenters. The van der Waals surface area contributed by atoms with E-state index >= 15 is 0 Å². The van der Waals surface area contributed by atoms with Crippen molar-refractivity contribution in [2.45, 2.75) is 13.0 Å². The Morgan fingerprint density at radius 2 is 1.89 bits per heavy atom. The molecular formula is C28H27N5O4. The van der Waals surface area contributed by atoms with Crippen LogP contribution in [0.5, 0.6) is 17.2 Å². The molecule has 37 heavy (non-hydrogen) atoms. The lowest BCUT2D eigenvalue weighted by Crippen LogP contribution is -2.36. The normalized spacial score (nSPS) is 14.4. The number of methoxy groups -OCH3 is 1. The highest BCUT2D eigenvalue weighted by atomic mass is 16.5. The van der Waals surface area contributed by atoms with E-state index in [2.05, 4.69) is 31.2 Å². The van der Waals surface area contributed by atoms with E-state index in [-0.39, 0.29) is 5.56 Å². The minimum absolute atomic E-state index is 0.171. The Hall–Kier alpha value is -4.37. The van der Waals surface area contributed by atoms with Gasteiger partial charge in [0.25, 0.3) is 5.56 Å². The van der Waals surface area contributed by atoms with E-state index in [1.54, 1.807) is 25.6 Å². The van der Waals surface area contributed by atoms with Gasteiger partial charge in [-0.3, -0.25) is 14.8 Å². The third-order valence-electron chi connectivity index (χ3n) is 6.60. The summed E-state index contributed by atoms with van der Waals surface area (Å²) in [5.74, 6) is 2.23. The van der Waals surface area contributed by atoms with Gasteiger partial charge in [-0.25, -0.2) is 0 Å². The molecule has 0 amide bonds. The quantitative estimate of drug-likeness (QED) is 0.363. The molecule has 2 aliphatic heterocycles. The van der Waals surface area contributed by atoms with Gasteiger partial charge in [0.05, 0.1) is 38.3 Å². The number of aromatic amines is 1. The Kier molecular flexibility index (Phi) is 6.20. The van der Waals surface area contributed by atoms with Crippen molar-refractivity contribution in [2.24, 2.45) is 0 Å². The zero-order valence-electron chi connectivity index (χ0n) is 20.5. The summed E-state index contributed by atoms with van der Waals surface area (Å²) in [6.45, 7) is 3.37. The van der Waals surface area contributed by atoms with Crippen LogP contribution < -0.4 is 25.2 Å². The summed E-state index contributed by atoms with van der Waals surface area (Å²) in [5, 5.41) is 3.43. The molecule has 9 heteroatoms. The summed E-state index contributed by atoms with van der Waals surface area (Å²) >= 11 is 0. The second-order valence-electron chi connectivity index (χ2n) is 9.01. The molecule has 1 fully saturated rings. The van der Waals surface area contributed by atoms with Gasteiger partial charge in [0.2, 0.25) is 0 Å². The number of anilines is 2. The first kappa shape index (κ1) is 23.1. The number of fused-ring (bicyclic) bond motifs is 2. The van der Waals surface area contributed by atoms with Crippen LogP contribution in [0.1, 0.15) is 16.8 Å². The van der Waals surface area contributed by atoms with Crippen LogP contribution in [-0.4, -0.2) is 48.4 Å². The molecule has 0 aliphatic carbocycles. The molecule has 5 heterocycles. The van der Waals surface area contributed by atoms with Crippen molar-refractivity contribution >= 4 is 11.4 Å². The van der Waals surface area contributed by atoms with Crippen LogP contribution in [0.4, 0.5) is 11.4 Å². The van der Waals surface area contributed by atoms with E-state index in [0.717, 1.165) is 52.8 Å². The summed E-state index contributed by atoms with van der Waals surface area (Å²) < 4.78 is 17.1. The lowest BCUT2D eigenvalue weighted by Gasteiger charge is -2.29. The van der Waals surface area contributed by atoms with E-state index in [1.165, 1.54) is 0 Å². The number of H-pyrrole nitrogens is 1. The molecule has 4 aromatic rings. The maximum Gasteiger partial charge on any atom is 0.250 e. The summed E-state index contributed by atoms with van der Waals surface area (Å²) in [6.07, 6.45) is 4.20. The molecule has 6 rings (SSSR count). The van der Waals surface area contributed by atoms with Crippen LogP contribution in [0.25, 0.3) is 11.4 Å². The van der Waals surface area contributed by atoms with Crippen LogP contribution in [0.2, 0.25) is 0 Å². The highest BCUT2D eigenvalue weighted by Crippen LogP contribution is 2.42. The van der Waals surface area contributed by atoms with E-state index in [4.69, 9.17) is 14.2 Å². The largest absolute Gasteiger partial charge is 0.497 e. The zero-order valence-corrected chi connectivity index (χ0v) is 20.5. The van der Waals surface area contributed by atoms with Crippen molar-refractivity contribution in [3.05, 3.63) is 88.1 Å². The highest BCUT2D eigenvalue weighted by molar-refractivity contribution is 5.71. The first-order valence-corrected chi connectivity index (χ1v) is 12.3. The number of nitrogens with one attached hydrogen (secondary N) is 2. The van der Waals surface area contributed by atoms with Crippen LogP contribution in [-0.2, 0) is 17.7 Å². The van der Waals surface area contributed by atoms with Crippen molar-refractivity contribution in [3.8, 4) is 28.6 Å². The predicted octanol–water partition coefficient (Wildman–Crippen LogP) is 3.99. The van der Waals surface area contributed by atoms with E-state index in [0.29, 0.717) is 43.3 Å². The molecule has 0 bridgehead atoms. The van der Waals surface area contributed by atoms with Gasteiger partial charge in [-0.05, 0) is 36.4 Å². The SMILES string of the molecule is COc1ccnc(CNc2ccc3c(c2)Cc2ccnc(-c4cc(N5CCOCC5)cc(=O)[nH]4)c2O3)c1. The fourth-order valence-corrected chi connectivity index (χ4v) is 4.71. The summed E-state index contributed by atoms with van der Waals surface area (Å²) in [6, 6.07) is 15.3. The fourth-order valence-electron chi connectivity index (χ4n) is 4.71.